The SMILES string of the molecule is Cn1ncc(C(N)=NO)c1NC(=O)c1ccc(F)c(F)c1. The fourth-order valence-corrected chi connectivity index (χ4v) is 1.64. The molecule has 7 nitrogen and oxygen atoms in total. The number of benzene rings is 1. The highest BCUT2D eigenvalue weighted by atomic mass is 19.2. The first-order chi connectivity index (χ1) is 9.93. The molecule has 0 atom stereocenters. The minimum absolute atomic E-state index is 0.0828. The summed E-state index contributed by atoms with van der Waals surface area (Å²) >= 11 is 0. The van der Waals surface area contributed by atoms with Gasteiger partial charge in [-0.25, -0.2) is 8.78 Å². The summed E-state index contributed by atoms with van der Waals surface area (Å²) in [7, 11) is 1.52. The first-order valence-electron chi connectivity index (χ1n) is 5.70. The van der Waals surface area contributed by atoms with Crippen LogP contribution in [0.15, 0.2) is 29.6 Å². The van der Waals surface area contributed by atoms with Gasteiger partial charge in [0.1, 0.15) is 5.82 Å². The zero-order valence-electron chi connectivity index (χ0n) is 10.8. The van der Waals surface area contributed by atoms with Crippen molar-refractivity contribution < 1.29 is 18.8 Å². The largest absolute Gasteiger partial charge is 0.409 e. The van der Waals surface area contributed by atoms with Gasteiger partial charge >= 0.3 is 0 Å². The standard InChI is InChI=1S/C12H11F2N5O2/c1-19-11(7(5-16-19)10(15)18-21)17-12(20)6-2-3-8(13)9(14)4-6/h2-5,21H,1H3,(H2,15,18)(H,17,20). The smallest absolute Gasteiger partial charge is 0.256 e. The van der Waals surface area contributed by atoms with E-state index in [0.717, 1.165) is 18.2 Å². The number of oxime groups is 1. The van der Waals surface area contributed by atoms with Crippen molar-refractivity contribution in [3.8, 4) is 0 Å². The highest BCUT2D eigenvalue weighted by molar-refractivity contribution is 6.09. The van der Waals surface area contributed by atoms with Crippen molar-refractivity contribution in [2.45, 2.75) is 0 Å². The number of amidine groups is 1. The Morgan fingerprint density at radius 2 is 2.14 bits per heavy atom. The molecule has 0 saturated heterocycles. The number of carbonyl (C=O) groups excluding carboxylic acids is 1. The van der Waals surface area contributed by atoms with Crippen LogP contribution in [0.5, 0.6) is 0 Å². The van der Waals surface area contributed by atoms with Crippen LogP contribution in [0.4, 0.5) is 14.6 Å². The number of halogens is 2. The Morgan fingerprint density at radius 3 is 2.76 bits per heavy atom. The molecule has 21 heavy (non-hydrogen) atoms. The lowest BCUT2D eigenvalue weighted by Gasteiger charge is -2.08. The average molecular weight is 295 g/mol. The molecule has 1 aromatic heterocycles. The summed E-state index contributed by atoms with van der Waals surface area (Å²) in [6, 6.07) is 2.75. The molecule has 0 saturated carbocycles. The van der Waals surface area contributed by atoms with Crippen molar-refractivity contribution in [2.24, 2.45) is 17.9 Å². The fraction of sp³-hybridized carbons (Fsp3) is 0.0833. The first-order valence-corrected chi connectivity index (χ1v) is 5.70. The van der Waals surface area contributed by atoms with Gasteiger partial charge in [0.25, 0.3) is 5.91 Å². The number of hydrogen-bond donors (Lipinski definition) is 3. The van der Waals surface area contributed by atoms with Gasteiger partial charge in [-0.3, -0.25) is 9.48 Å². The van der Waals surface area contributed by atoms with Crippen LogP contribution < -0.4 is 11.1 Å². The van der Waals surface area contributed by atoms with E-state index in [-0.39, 0.29) is 22.8 Å². The average Bonchev–Trinajstić information content (AvgIpc) is 2.82. The van der Waals surface area contributed by atoms with E-state index in [0.29, 0.717) is 0 Å². The Balaban J connectivity index is 2.31. The van der Waals surface area contributed by atoms with E-state index in [2.05, 4.69) is 15.6 Å². The molecule has 1 amide bonds. The quantitative estimate of drug-likeness (QED) is 0.340. The molecular weight excluding hydrogens is 284 g/mol. The van der Waals surface area contributed by atoms with Crippen molar-refractivity contribution in [2.75, 3.05) is 5.32 Å². The van der Waals surface area contributed by atoms with Crippen LogP contribution in [-0.2, 0) is 7.05 Å². The number of anilines is 1. The number of amides is 1. The number of rotatable bonds is 3. The second-order valence-electron chi connectivity index (χ2n) is 4.10. The van der Waals surface area contributed by atoms with Crippen molar-refractivity contribution in [3.63, 3.8) is 0 Å². The Bertz CT molecular complexity index is 726. The molecule has 0 fully saturated rings. The first kappa shape index (κ1) is 14.4. The van der Waals surface area contributed by atoms with E-state index in [1.165, 1.54) is 17.9 Å². The maximum absolute atomic E-state index is 13.1. The van der Waals surface area contributed by atoms with Crippen molar-refractivity contribution in [1.82, 2.24) is 9.78 Å². The van der Waals surface area contributed by atoms with Gasteiger partial charge in [-0.15, -0.1) is 0 Å². The zero-order chi connectivity index (χ0) is 15.6. The number of aromatic nitrogens is 2. The van der Waals surface area contributed by atoms with Crippen LogP contribution in [-0.4, -0.2) is 26.7 Å². The molecule has 1 heterocycles. The maximum Gasteiger partial charge on any atom is 0.256 e. The Hall–Kier alpha value is -2.97. The summed E-state index contributed by atoms with van der Waals surface area (Å²) in [4.78, 5) is 12.0. The molecule has 2 aromatic rings. The molecule has 1 aromatic carbocycles. The molecule has 0 unspecified atom stereocenters. The summed E-state index contributed by atoms with van der Waals surface area (Å²) in [5, 5.41) is 17.8. The molecule has 0 spiro atoms. The third-order valence-corrected chi connectivity index (χ3v) is 2.74. The fourth-order valence-electron chi connectivity index (χ4n) is 1.64. The predicted octanol–water partition coefficient (Wildman–Crippen LogP) is 1.05. The second kappa shape index (κ2) is 5.57. The number of carbonyl (C=O) groups is 1. The van der Waals surface area contributed by atoms with Gasteiger partial charge in [0.05, 0.1) is 11.8 Å². The third kappa shape index (κ3) is 2.81. The van der Waals surface area contributed by atoms with Gasteiger partial charge in [-0.05, 0) is 18.2 Å². The van der Waals surface area contributed by atoms with E-state index in [4.69, 9.17) is 10.9 Å². The third-order valence-electron chi connectivity index (χ3n) is 2.74. The molecule has 0 aliphatic rings. The van der Waals surface area contributed by atoms with Gasteiger partial charge in [-0.1, -0.05) is 5.16 Å². The minimum atomic E-state index is -1.13. The zero-order valence-corrected chi connectivity index (χ0v) is 10.8. The van der Waals surface area contributed by atoms with Crippen LogP contribution in [0.2, 0.25) is 0 Å². The molecule has 110 valence electrons. The van der Waals surface area contributed by atoms with E-state index in [1.807, 2.05) is 0 Å². The molecule has 0 aliphatic heterocycles. The maximum atomic E-state index is 13.1. The van der Waals surface area contributed by atoms with Crippen LogP contribution >= 0.6 is 0 Å². The van der Waals surface area contributed by atoms with E-state index < -0.39 is 17.5 Å². The topological polar surface area (TPSA) is 106 Å². The number of aryl methyl sites for hydroxylation is 1. The van der Waals surface area contributed by atoms with Crippen molar-refractivity contribution in [1.29, 1.82) is 0 Å². The number of nitrogens with zero attached hydrogens (tertiary/aromatic N) is 3. The Labute approximate surface area is 117 Å². The van der Waals surface area contributed by atoms with Gasteiger partial charge < -0.3 is 16.3 Å². The highest BCUT2D eigenvalue weighted by Crippen LogP contribution is 2.16. The molecule has 9 heteroatoms. The molecule has 0 bridgehead atoms. The van der Waals surface area contributed by atoms with Crippen molar-refractivity contribution >= 4 is 17.6 Å². The lowest BCUT2D eigenvalue weighted by atomic mass is 10.2. The summed E-state index contributed by atoms with van der Waals surface area (Å²) < 4.78 is 27.2. The lowest BCUT2D eigenvalue weighted by Crippen LogP contribution is -2.20. The van der Waals surface area contributed by atoms with Gasteiger partial charge in [0.15, 0.2) is 17.5 Å². The van der Waals surface area contributed by atoms with Crippen LogP contribution in [0.3, 0.4) is 0 Å². The number of nitrogens with one attached hydrogen (secondary N) is 1. The van der Waals surface area contributed by atoms with E-state index in [9.17, 15) is 13.6 Å². The number of hydrogen-bond acceptors (Lipinski definition) is 4. The van der Waals surface area contributed by atoms with Gasteiger partial charge in [-0.2, -0.15) is 5.10 Å². The summed E-state index contributed by atoms with van der Waals surface area (Å²) in [6.07, 6.45) is 1.29. The lowest BCUT2D eigenvalue weighted by molar-refractivity contribution is 0.102. The Morgan fingerprint density at radius 1 is 1.43 bits per heavy atom. The highest BCUT2D eigenvalue weighted by Gasteiger charge is 2.17. The molecule has 4 N–H and O–H groups in total. The Kier molecular flexibility index (Phi) is 3.83. The molecule has 0 aliphatic carbocycles. The van der Waals surface area contributed by atoms with E-state index in [1.54, 1.807) is 0 Å². The second-order valence-corrected chi connectivity index (χ2v) is 4.10. The van der Waals surface area contributed by atoms with Gasteiger partial charge in [0, 0.05) is 12.6 Å². The minimum Gasteiger partial charge on any atom is -0.409 e. The monoisotopic (exact) mass is 295 g/mol. The summed E-state index contributed by atoms with van der Waals surface area (Å²) in [5.74, 6) is -2.97. The van der Waals surface area contributed by atoms with Crippen LogP contribution in [0.25, 0.3) is 0 Å². The van der Waals surface area contributed by atoms with Gasteiger partial charge in [0.2, 0.25) is 0 Å². The molecular formula is C12H11F2N5O2. The predicted molar refractivity (Wildman–Crippen MR) is 70.0 cm³/mol. The van der Waals surface area contributed by atoms with Crippen LogP contribution in [0.1, 0.15) is 15.9 Å². The normalized spacial score (nSPS) is 11.5. The number of nitrogens with two attached hydrogens (primary N) is 1. The molecule has 0 radical (unpaired) electrons. The summed E-state index contributed by atoms with van der Waals surface area (Å²) in [5.41, 5.74) is 5.56. The van der Waals surface area contributed by atoms with Crippen molar-refractivity contribution in [3.05, 3.63) is 47.2 Å². The molecule has 2 rings (SSSR count). The van der Waals surface area contributed by atoms with E-state index >= 15 is 0 Å². The van der Waals surface area contributed by atoms with Crippen LogP contribution in [0, 0.1) is 11.6 Å². The summed E-state index contributed by atoms with van der Waals surface area (Å²) in [6.45, 7) is 0.